The molecule has 1 aliphatic rings. The maximum Gasteiger partial charge on any atom is 0.223 e. The van der Waals surface area contributed by atoms with Crippen molar-refractivity contribution in [3.05, 3.63) is 41.5 Å². The third-order valence-electron chi connectivity index (χ3n) is 5.29. The Balaban J connectivity index is 1.49. The molecule has 1 fully saturated rings. The molecule has 2 heterocycles. The van der Waals surface area contributed by atoms with Crippen LogP contribution < -0.4 is 4.74 Å². The van der Waals surface area contributed by atoms with Crippen LogP contribution in [0.4, 0.5) is 0 Å². The van der Waals surface area contributed by atoms with Crippen LogP contribution in [0.15, 0.2) is 28.8 Å². The summed E-state index contributed by atoms with van der Waals surface area (Å²) >= 11 is 0. The second-order valence-electron chi connectivity index (χ2n) is 7.32. The number of carbonyl (C=O) groups excluding carboxylic acids is 2. The molecule has 1 saturated heterocycles. The van der Waals surface area contributed by atoms with Gasteiger partial charge in [-0.1, -0.05) is 17.3 Å². The number of hydrogen-bond acceptors (Lipinski definition) is 6. The molecule has 1 atom stereocenters. The first-order valence-electron chi connectivity index (χ1n) is 9.93. The number of hydrogen-bond donors (Lipinski definition) is 0. The maximum absolute atomic E-state index is 12.6. The molecule has 0 saturated carbocycles. The average molecular weight is 400 g/mol. The molecule has 0 spiro atoms. The van der Waals surface area contributed by atoms with Crippen LogP contribution >= 0.6 is 0 Å². The second kappa shape index (κ2) is 9.54. The molecule has 2 aromatic rings. The Kier molecular flexibility index (Phi) is 6.85. The normalized spacial score (nSPS) is 16.1. The Morgan fingerprint density at radius 1 is 1.28 bits per heavy atom. The molecular weight excluding hydrogens is 372 g/mol. The van der Waals surface area contributed by atoms with E-state index in [4.69, 9.17) is 9.26 Å². The first-order valence-corrected chi connectivity index (χ1v) is 9.93. The van der Waals surface area contributed by atoms with Gasteiger partial charge in [-0.15, -0.1) is 0 Å². The number of likely N-dealkylation sites (tertiary alicyclic amines) is 1. The third-order valence-corrected chi connectivity index (χ3v) is 5.29. The molecule has 3 rings (SSSR count). The van der Waals surface area contributed by atoms with Gasteiger partial charge in [0.05, 0.1) is 13.2 Å². The average Bonchev–Trinajstić information content (AvgIpc) is 3.36. The quantitative estimate of drug-likeness (QED) is 0.673. The minimum Gasteiger partial charge on any atom is -0.497 e. The van der Waals surface area contributed by atoms with E-state index in [1.54, 1.807) is 21.0 Å². The van der Waals surface area contributed by atoms with E-state index in [0.717, 1.165) is 17.7 Å². The molecule has 1 aromatic heterocycles. The summed E-state index contributed by atoms with van der Waals surface area (Å²) in [4.78, 5) is 32.6. The van der Waals surface area contributed by atoms with Gasteiger partial charge in [0.15, 0.2) is 5.82 Å². The first kappa shape index (κ1) is 20.8. The SMILES string of the molecule is COc1ccc(CCC(=O)N2CCC(N(CCc3noc(C)n3)C(C)=O)C2)cc1. The lowest BCUT2D eigenvalue weighted by Gasteiger charge is -2.27. The molecular formula is C21H28N4O4. The van der Waals surface area contributed by atoms with E-state index in [-0.39, 0.29) is 17.9 Å². The fourth-order valence-electron chi connectivity index (χ4n) is 3.68. The molecule has 8 heteroatoms. The summed E-state index contributed by atoms with van der Waals surface area (Å²) in [5.74, 6) is 2.05. The smallest absolute Gasteiger partial charge is 0.223 e. The number of methoxy groups -OCH3 is 1. The lowest BCUT2D eigenvalue weighted by molar-refractivity contribution is -0.133. The largest absolute Gasteiger partial charge is 0.497 e. The number of amides is 2. The highest BCUT2D eigenvalue weighted by Gasteiger charge is 2.31. The molecule has 0 aliphatic carbocycles. The van der Waals surface area contributed by atoms with Crippen LogP contribution in [-0.2, 0) is 22.4 Å². The Morgan fingerprint density at radius 3 is 2.66 bits per heavy atom. The molecule has 29 heavy (non-hydrogen) atoms. The van der Waals surface area contributed by atoms with Crippen molar-refractivity contribution in [2.45, 2.75) is 45.6 Å². The molecule has 1 unspecified atom stereocenters. The molecule has 0 N–H and O–H groups in total. The molecule has 156 valence electrons. The molecule has 1 aliphatic heterocycles. The van der Waals surface area contributed by atoms with Gasteiger partial charge in [0.2, 0.25) is 17.7 Å². The number of rotatable bonds is 8. The Bertz CT molecular complexity index is 833. The monoisotopic (exact) mass is 400 g/mol. The van der Waals surface area contributed by atoms with Crippen molar-refractivity contribution in [1.29, 1.82) is 0 Å². The zero-order valence-electron chi connectivity index (χ0n) is 17.3. The van der Waals surface area contributed by atoms with Crippen molar-refractivity contribution in [3.8, 4) is 5.75 Å². The van der Waals surface area contributed by atoms with E-state index < -0.39 is 0 Å². The highest BCUT2D eigenvalue weighted by molar-refractivity contribution is 5.77. The van der Waals surface area contributed by atoms with Crippen molar-refractivity contribution in [2.75, 3.05) is 26.7 Å². The van der Waals surface area contributed by atoms with Crippen LogP contribution in [0.25, 0.3) is 0 Å². The minimum atomic E-state index is 0.00255. The van der Waals surface area contributed by atoms with Gasteiger partial charge in [-0.3, -0.25) is 9.59 Å². The number of carbonyl (C=O) groups is 2. The van der Waals surface area contributed by atoms with Crippen LogP contribution in [-0.4, -0.2) is 64.5 Å². The first-order chi connectivity index (χ1) is 14.0. The lowest BCUT2D eigenvalue weighted by Crippen LogP contribution is -2.42. The number of aryl methyl sites for hydroxylation is 2. The van der Waals surface area contributed by atoms with E-state index in [1.165, 1.54) is 0 Å². The van der Waals surface area contributed by atoms with Crippen LogP contribution in [0.5, 0.6) is 5.75 Å². The van der Waals surface area contributed by atoms with E-state index in [1.807, 2.05) is 34.1 Å². The number of nitrogens with zero attached hydrogens (tertiary/aromatic N) is 4. The molecule has 0 radical (unpaired) electrons. The Hall–Kier alpha value is -2.90. The van der Waals surface area contributed by atoms with Crippen LogP contribution in [0.2, 0.25) is 0 Å². The lowest BCUT2D eigenvalue weighted by atomic mass is 10.1. The molecule has 2 amide bonds. The van der Waals surface area contributed by atoms with Gasteiger partial charge in [0, 0.05) is 46.3 Å². The summed E-state index contributed by atoms with van der Waals surface area (Å²) in [6, 6.07) is 7.81. The fraction of sp³-hybridized carbons (Fsp3) is 0.524. The number of aromatic nitrogens is 2. The zero-order valence-corrected chi connectivity index (χ0v) is 17.3. The van der Waals surface area contributed by atoms with Gasteiger partial charge < -0.3 is 19.1 Å². The fourth-order valence-corrected chi connectivity index (χ4v) is 3.68. The van der Waals surface area contributed by atoms with E-state index in [0.29, 0.717) is 50.6 Å². The van der Waals surface area contributed by atoms with Crippen molar-refractivity contribution >= 4 is 11.8 Å². The van der Waals surface area contributed by atoms with Gasteiger partial charge in [-0.25, -0.2) is 0 Å². The van der Waals surface area contributed by atoms with Crippen molar-refractivity contribution in [1.82, 2.24) is 19.9 Å². The van der Waals surface area contributed by atoms with Crippen LogP contribution in [0.3, 0.4) is 0 Å². The van der Waals surface area contributed by atoms with E-state index in [9.17, 15) is 9.59 Å². The maximum atomic E-state index is 12.6. The summed E-state index contributed by atoms with van der Waals surface area (Å²) < 4.78 is 10.1. The second-order valence-corrected chi connectivity index (χ2v) is 7.32. The summed E-state index contributed by atoms with van der Waals surface area (Å²) in [5, 5.41) is 3.88. The molecule has 8 nitrogen and oxygen atoms in total. The topological polar surface area (TPSA) is 88.8 Å². The Labute approximate surface area is 170 Å². The zero-order chi connectivity index (χ0) is 20.8. The molecule has 0 bridgehead atoms. The number of benzene rings is 1. The predicted octanol–water partition coefficient (Wildman–Crippen LogP) is 2.01. The van der Waals surface area contributed by atoms with Crippen LogP contribution in [0.1, 0.15) is 37.0 Å². The minimum absolute atomic E-state index is 0.00255. The van der Waals surface area contributed by atoms with Gasteiger partial charge in [-0.05, 0) is 30.5 Å². The Morgan fingerprint density at radius 2 is 2.03 bits per heavy atom. The van der Waals surface area contributed by atoms with Crippen LogP contribution in [0, 0.1) is 6.92 Å². The summed E-state index contributed by atoms with van der Waals surface area (Å²) in [5.41, 5.74) is 1.11. The predicted molar refractivity (Wildman–Crippen MR) is 106 cm³/mol. The summed E-state index contributed by atoms with van der Waals surface area (Å²) in [6.45, 7) is 5.08. The van der Waals surface area contributed by atoms with Gasteiger partial charge in [-0.2, -0.15) is 4.98 Å². The van der Waals surface area contributed by atoms with Crippen molar-refractivity contribution in [2.24, 2.45) is 0 Å². The van der Waals surface area contributed by atoms with Gasteiger partial charge in [0.1, 0.15) is 5.75 Å². The van der Waals surface area contributed by atoms with E-state index >= 15 is 0 Å². The highest BCUT2D eigenvalue weighted by atomic mass is 16.5. The third kappa shape index (κ3) is 5.56. The van der Waals surface area contributed by atoms with Crippen molar-refractivity contribution < 1.29 is 18.8 Å². The molecule has 1 aromatic carbocycles. The number of ether oxygens (including phenoxy) is 1. The van der Waals surface area contributed by atoms with Gasteiger partial charge in [0.25, 0.3) is 0 Å². The van der Waals surface area contributed by atoms with E-state index in [2.05, 4.69) is 10.1 Å². The van der Waals surface area contributed by atoms with Crippen molar-refractivity contribution in [3.63, 3.8) is 0 Å². The van der Waals surface area contributed by atoms with Gasteiger partial charge >= 0.3 is 0 Å². The summed E-state index contributed by atoms with van der Waals surface area (Å²) in [7, 11) is 1.63. The highest BCUT2D eigenvalue weighted by Crippen LogP contribution is 2.19. The summed E-state index contributed by atoms with van der Waals surface area (Å²) in [6.07, 6.45) is 2.48. The standard InChI is InChI=1S/C21H28N4O4/c1-15-22-20(23-29-15)11-13-25(16(2)26)18-10-12-24(14-18)21(27)9-6-17-4-7-19(28-3)8-5-17/h4-5,7-8,18H,6,9-14H2,1-3H3.